The van der Waals surface area contributed by atoms with E-state index in [4.69, 9.17) is 0 Å². The standard InChI is InChI=1S/C19H18N6O2/c1-13(23-24-18(26)16-8-3-4-10-20-16)14-6-5-7-15(12-14)22-19(27)17-9-11-21-25(17)2/h3-12H,1-2H3,(H,22,27)(H,24,26)/b23-13-. The molecule has 27 heavy (non-hydrogen) atoms. The van der Waals surface area contributed by atoms with Gasteiger partial charge in [0.2, 0.25) is 0 Å². The number of hydrogen-bond acceptors (Lipinski definition) is 5. The van der Waals surface area contributed by atoms with Gasteiger partial charge in [-0.3, -0.25) is 19.3 Å². The number of pyridine rings is 1. The Balaban J connectivity index is 1.70. The van der Waals surface area contributed by atoms with E-state index in [1.807, 2.05) is 6.07 Å². The van der Waals surface area contributed by atoms with Crippen molar-refractivity contribution in [2.24, 2.45) is 12.1 Å². The summed E-state index contributed by atoms with van der Waals surface area (Å²) in [5.74, 6) is -0.652. The molecule has 0 saturated carbocycles. The van der Waals surface area contributed by atoms with Gasteiger partial charge in [0.15, 0.2) is 0 Å². The van der Waals surface area contributed by atoms with Gasteiger partial charge in [0.1, 0.15) is 11.4 Å². The summed E-state index contributed by atoms with van der Waals surface area (Å²) >= 11 is 0. The van der Waals surface area contributed by atoms with Gasteiger partial charge >= 0.3 is 0 Å². The molecule has 2 amide bonds. The highest BCUT2D eigenvalue weighted by atomic mass is 16.2. The summed E-state index contributed by atoms with van der Waals surface area (Å²) in [6, 6.07) is 13.9. The molecule has 0 aliphatic rings. The number of carbonyl (C=O) groups is 2. The third kappa shape index (κ3) is 4.43. The van der Waals surface area contributed by atoms with Gasteiger partial charge in [-0.1, -0.05) is 18.2 Å². The van der Waals surface area contributed by atoms with Crippen LogP contribution in [0.4, 0.5) is 5.69 Å². The minimum Gasteiger partial charge on any atom is -0.321 e. The zero-order chi connectivity index (χ0) is 19.2. The van der Waals surface area contributed by atoms with E-state index >= 15 is 0 Å². The highest BCUT2D eigenvalue weighted by Crippen LogP contribution is 2.13. The number of hydrazone groups is 1. The number of hydrogen-bond donors (Lipinski definition) is 2. The van der Waals surface area contributed by atoms with Crippen LogP contribution in [-0.4, -0.2) is 32.3 Å². The number of nitrogens with one attached hydrogen (secondary N) is 2. The van der Waals surface area contributed by atoms with Crippen molar-refractivity contribution in [1.29, 1.82) is 0 Å². The highest BCUT2D eigenvalue weighted by Gasteiger charge is 2.11. The summed E-state index contributed by atoms with van der Waals surface area (Å²) in [6.45, 7) is 1.76. The lowest BCUT2D eigenvalue weighted by Gasteiger charge is -2.08. The Morgan fingerprint density at radius 3 is 2.59 bits per heavy atom. The molecule has 0 bridgehead atoms. The second-order valence-corrected chi connectivity index (χ2v) is 5.73. The molecule has 136 valence electrons. The number of aromatic nitrogens is 3. The molecule has 3 aromatic rings. The average Bonchev–Trinajstić information content (AvgIpc) is 3.12. The molecule has 3 rings (SSSR count). The van der Waals surface area contributed by atoms with Crippen molar-refractivity contribution >= 4 is 23.2 Å². The maximum absolute atomic E-state index is 12.3. The molecule has 0 aliphatic heterocycles. The zero-order valence-corrected chi connectivity index (χ0v) is 14.9. The van der Waals surface area contributed by atoms with Crippen LogP contribution in [0.2, 0.25) is 0 Å². The van der Waals surface area contributed by atoms with Gasteiger partial charge in [-0.05, 0) is 42.8 Å². The third-order valence-corrected chi connectivity index (χ3v) is 3.81. The molecule has 2 heterocycles. The molecule has 8 heteroatoms. The lowest BCUT2D eigenvalue weighted by atomic mass is 10.1. The first kappa shape index (κ1) is 18.0. The predicted octanol–water partition coefficient (Wildman–Crippen LogP) is 2.22. The van der Waals surface area contributed by atoms with E-state index in [0.717, 1.165) is 5.56 Å². The van der Waals surface area contributed by atoms with E-state index in [-0.39, 0.29) is 11.6 Å². The normalized spacial score (nSPS) is 11.1. The quantitative estimate of drug-likeness (QED) is 0.537. The van der Waals surface area contributed by atoms with Crippen molar-refractivity contribution in [2.75, 3.05) is 5.32 Å². The minimum absolute atomic E-state index is 0.259. The van der Waals surface area contributed by atoms with Gasteiger partial charge in [0.05, 0.1) is 5.71 Å². The van der Waals surface area contributed by atoms with E-state index in [1.54, 1.807) is 68.8 Å². The molecule has 0 spiro atoms. The number of rotatable bonds is 5. The maximum Gasteiger partial charge on any atom is 0.289 e. The Hall–Kier alpha value is -3.81. The predicted molar refractivity (Wildman–Crippen MR) is 102 cm³/mol. The van der Waals surface area contributed by atoms with E-state index in [2.05, 4.69) is 25.9 Å². The highest BCUT2D eigenvalue weighted by molar-refractivity contribution is 6.05. The maximum atomic E-state index is 12.3. The lowest BCUT2D eigenvalue weighted by molar-refractivity contribution is 0.0949. The molecule has 0 fully saturated rings. The SMILES string of the molecule is C/C(=N/NC(=O)c1ccccn1)c1cccc(NC(=O)c2ccnn2C)c1. The summed E-state index contributed by atoms with van der Waals surface area (Å²) < 4.78 is 1.50. The second-order valence-electron chi connectivity index (χ2n) is 5.73. The summed E-state index contributed by atoms with van der Waals surface area (Å²) in [6.07, 6.45) is 3.10. The summed E-state index contributed by atoms with van der Waals surface area (Å²) in [7, 11) is 1.70. The second kappa shape index (κ2) is 8.05. The van der Waals surface area contributed by atoms with Crippen LogP contribution in [0.3, 0.4) is 0 Å². The van der Waals surface area contributed by atoms with Crippen molar-refractivity contribution in [3.05, 3.63) is 77.9 Å². The minimum atomic E-state index is -0.393. The van der Waals surface area contributed by atoms with Crippen molar-refractivity contribution in [2.45, 2.75) is 6.92 Å². The zero-order valence-electron chi connectivity index (χ0n) is 14.9. The molecule has 2 aromatic heterocycles. The van der Waals surface area contributed by atoms with Gasteiger partial charge in [-0.25, -0.2) is 5.43 Å². The van der Waals surface area contributed by atoms with Crippen LogP contribution in [0.5, 0.6) is 0 Å². The monoisotopic (exact) mass is 362 g/mol. The van der Waals surface area contributed by atoms with Crippen LogP contribution in [0.15, 0.2) is 66.0 Å². The molecule has 0 aliphatic carbocycles. The van der Waals surface area contributed by atoms with E-state index < -0.39 is 5.91 Å². The number of amides is 2. The molecule has 1 aromatic carbocycles. The number of benzene rings is 1. The first-order chi connectivity index (χ1) is 13.0. The molecule has 0 unspecified atom stereocenters. The molecule has 8 nitrogen and oxygen atoms in total. The van der Waals surface area contributed by atoms with Crippen LogP contribution in [-0.2, 0) is 7.05 Å². The average molecular weight is 362 g/mol. The Kier molecular flexibility index (Phi) is 5.36. The Morgan fingerprint density at radius 2 is 1.89 bits per heavy atom. The lowest BCUT2D eigenvalue weighted by Crippen LogP contribution is -2.20. The van der Waals surface area contributed by atoms with Gasteiger partial charge in [-0.15, -0.1) is 0 Å². The van der Waals surface area contributed by atoms with Gasteiger partial charge in [0.25, 0.3) is 11.8 Å². The Bertz CT molecular complexity index is 994. The summed E-state index contributed by atoms with van der Waals surface area (Å²) in [4.78, 5) is 28.3. The third-order valence-electron chi connectivity index (χ3n) is 3.81. The van der Waals surface area contributed by atoms with Crippen molar-refractivity contribution in [1.82, 2.24) is 20.2 Å². The number of anilines is 1. The van der Waals surface area contributed by atoms with E-state index in [9.17, 15) is 9.59 Å². The van der Waals surface area contributed by atoms with Crippen LogP contribution >= 0.6 is 0 Å². The van der Waals surface area contributed by atoms with Gasteiger partial charge < -0.3 is 5.32 Å². The smallest absolute Gasteiger partial charge is 0.289 e. The van der Waals surface area contributed by atoms with E-state index in [1.165, 1.54) is 4.68 Å². The fraction of sp³-hybridized carbons (Fsp3) is 0.105. The van der Waals surface area contributed by atoms with Crippen LogP contribution in [0.1, 0.15) is 33.5 Å². The summed E-state index contributed by atoms with van der Waals surface area (Å²) in [5, 5.41) is 10.9. The Labute approximate surface area is 155 Å². The van der Waals surface area contributed by atoms with Crippen LogP contribution < -0.4 is 10.7 Å². The molecule has 2 N–H and O–H groups in total. The van der Waals surface area contributed by atoms with Gasteiger partial charge in [0, 0.05) is 25.1 Å². The van der Waals surface area contributed by atoms with Crippen LogP contribution in [0, 0.1) is 0 Å². The molecular formula is C19H18N6O2. The first-order valence-corrected chi connectivity index (χ1v) is 8.20. The number of aryl methyl sites for hydroxylation is 1. The van der Waals surface area contributed by atoms with E-state index in [0.29, 0.717) is 17.1 Å². The molecule has 0 atom stereocenters. The Morgan fingerprint density at radius 1 is 1.04 bits per heavy atom. The number of nitrogens with zero attached hydrogens (tertiary/aromatic N) is 4. The fourth-order valence-electron chi connectivity index (χ4n) is 2.37. The summed E-state index contributed by atoms with van der Waals surface area (Å²) in [5.41, 5.74) is 5.18. The number of carbonyl (C=O) groups excluding carboxylic acids is 2. The van der Waals surface area contributed by atoms with Crippen molar-refractivity contribution < 1.29 is 9.59 Å². The molecule has 0 saturated heterocycles. The molecule has 0 radical (unpaired) electrons. The fourth-order valence-corrected chi connectivity index (χ4v) is 2.37. The molecular weight excluding hydrogens is 344 g/mol. The van der Waals surface area contributed by atoms with Gasteiger partial charge in [-0.2, -0.15) is 10.2 Å². The van der Waals surface area contributed by atoms with Crippen molar-refractivity contribution in [3.8, 4) is 0 Å². The van der Waals surface area contributed by atoms with Crippen molar-refractivity contribution in [3.63, 3.8) is 0 Å². The topological polar surface area (TPSA) is 101 Å². The first-order valence-electron chi connectivity index (χ1n) is 8.20. The van der Waals surface area contributed by atoms with Crippen LogP contribution in [0.25, 0.3) is 0 Å². The largest absolute Gasteiger partial charge is 0.321 e.